The first-order valence-corrected chi connectivity index (χ1v) is 8.62. The molecule has 0 aromatic heterocycles. The average molecular weight is 304 g/mol. The van der Waals surface area contributed by atoms with Gasteiger partial charge in [0, 0.05) is 6.42 Å². The minimum atomic E-state index is -0.744. The van der Waals surface area contributed by atoms with Gasteiger partial charge in [0.05, 0.1) is 0 Å². The molecule has 2 heteroatoms. The van der Waals surface area contributed by atoms with E-state index in [0.717, 1.165) is 12.8 Å². The molecule has 0 aromatic carbocycles. The van der Waals surface area contributed by atoms with Crippen LogP contribution in [0.4, 0.5) is 0 Å². The molecule has 0 atom stereocenters. The number of carbonyl (C=O) groups is 1. The zero-order valence-electron chi connectivity index (χ0n) is 14.0. The topological polar surface area (TPSA) is 37.3 Å². The quantitative estimate of drug-likeness (QED) is 0.235. The summed E-state index contributed by atoms with van der Waals surface area (Å²) in [5.41, 5.74) is 0. The van der Waals surface area contributed by atoms with Crippen LogP contribution in [0.1, 0.15) is 71.1 Å². The lowest BCUT2D eigenvalue weighted by Crippen LogP contribution is -1.91. The maximum atomic E-state index is 10.3. The summed E-state index contributed by atoms with van der Waals surface area (Å²) in [5, 5.41) is 8.47. The van der Waals surface area contributed by atoms with Crippen LogP contribution in [0.5, 0.6) is 0 Å². The Morgan fingerprint density at radius 2 is 1.27 bits per heavy atom. The van der Waals surface area contributed by atoms with Crippen molar-refractivity contribution in [2.75, 3.05) is 0 Å². The first kappa shape index (κ1) is 20.4. The fourth-order valence-corrected chi connectivity index (χ4v) is 2.02. The Morgan fingerprint density at radius 3 is 1.86 bits per heavy atom. The number of rotatable bonds is 14. The zero-order chi connectivity index (χ0) is 16.3. The number of carboxylic acids is 1. The van der Waals surface area contributed by atoms with Gasteiger partial charge in [-0.1, -0.05) is 74.8 Å². The van der Waals surface area contributed by atoms with Crippen LogP contribution in [0.25, 0.3) is 0 Å². The molecule has 0 radical (unpaired) electrons. The highest BCUT2D eigenvalue weighted by molar-refractivity contribution is 5.66. The predicted molar refractivity (Wildman–Crippen MR) is 96.0 cm³/mol. The van der Waals surface area contributed by atoms with Crippen LogP contribution in [0.3, 0.4) is 0 Å². The molecule has 0 fully saturated rings. The Morgan fingerprint density at radius 1 is 0.727 bits per heavy atom. The van der Waals surface area contributed by atoms with Gasteiger partial charge in [0.1, 0.15) is 0 Å². The third-order valence-corrected chi connectivity index (χ3v) is 3.27. The second-order valence-corrected chi connectivity index (χ2v) is 5.40. The molecule has 0 saturated carbocycles. The molecule has 0 aromatic rings. The number of hydrogen-bond acceptors (Lipinski definition) is 1. The Hall–Kier alpha value is -1.57. The van der Waals surface area contributed by atoms with Gasteiger partial charge >= 0.3 is 5.97 Å². The molecule has 22 heavy (non-hydrogen) atoms. The molecule has 0 aliphatic rings. The number of carboxylic acid groups (broad SMARTS) is 1. The van der Waals surface area contributed by atoms with E-state index in [-0.39, 0.29) is 6.42 Å². The van der Waals surface area contributed by atoms with Gasteiger partial charge < -0.3 is 5.11 Å². The van der Waals surface area contributed by atoms with Gasteiger partial charge in [-0.2, -0.15) is 0 Å². The molecule has 0 bridgehead atoms. The summed E-state index contributed by atoms with van der Waals surface area (Å²) in [4.78, 5) is 10.3. The highest BCUT2D eigenvalue weighted by Crippen LogP contribution is 2.08. The van der Waals surface area contributed by atoms with Gasteiger partial charge in [-0.25, -0.2) is 0 Å². The van der Waals surface area contributed by atoms with E-state index in [2.05, 4.69) is 31.2 Å². The summed E-state index contributed by atoms with van der Waals surface area (Å²) in [7, 11) is 0. The van der Waals surface area contributed by atoms with Crippen LogP contribution in [-0.4, -0.2) is 11.1 Å². The monoisotopic (exact) mass is 304 g/mol. The maximum Gasteiger partial charge on any atom is 0.303 e. The van der Waals surface area contributed by atoms with Gasteiger partial charge in [-0.3, -0.25) is 4.79 Å². The Bertz CT molecular complexity index is 362. The van der Waals surface area contributed by atoms with Crippen molar-refractivity contribution in [1.82, 2.24) is 0 Å². The minimum Gasteiger partial charge on any atom is -0.481 e. The first-order chi connectivity index (χ1) is 10.8. The zero-order valence-corrected chi connectivity index (χ0v) is 14.0. The number of unbranched alkanes of at least 4 members (excludes halogenated alkanes) is 6. The van der Waals surface area contributed by atoms with E-state index in [1.807, 2.05) is 24.3 Å². The van der Waals surface area contributed by atoms with Crippen molar-refractivity contribution in [3.05, 3.63) is 48.6 Å². The van der Waals surface area contributed by atoms with Crippen LogP contribution in [0, 0.1) is 0 Å². The second kappa shape index (κ2) is 17.5. The van der Waals surface area contributed by atoms with Crippen LogP contribution in [-0.2, 0) is 4.79 Å². The largest absolute Gasteiger partial charge is 0.481 e. The Balaban J connectivity index is 3.33. The van der Waals surface area contributed by atoms with E-state index >= 15 is 0 Å². The van der Waals surface area contributed by atoms with Crippen molar-refractivity contribution in [1.29, 1.82) is 0 Å². The van der Waals surface area contributed by atoms with E-state index in [0.29, 0.717) is 6.42 Å². The van der Waals surface area contributed by atoms with Crippen LogP contribution < -0.4 is 0 Å². The predicted octanol–water partition coefficient (Wildman–Crippen LogP) is 6.22. The lowest BCUT2D eigenvalue weighted by molar-refractivity contribution is -0.136. The van der Waals surface area contributed by atoms with Crippen molar-refractivity contribution in [3.63, 3.8) is 0 Å². The summed E-state index contributed by atoms with van der Waals surface area (Å²) >= 11 is 0. The molecule has 2 nitrogen and oxygen atoms in total. The van der Waals surface area contributed by atoms with Gasteiger partial charge in [-0.15, -0.1) is 0 Å². The van der Waals surface area contributed by atoms with E-state index < -0.39 is 5.97 Å². The molecule has 0 rings (SSSR count). The molecule has 1 N–H and O–H groups in total. The lowest BCUT2D eigenvalue weighted by Gasteiger charge is -1.97. The van der Waals surface area contributed by atoms with E-state index in [4.69, 9.17) is 5.11 Å². The molecular formula is C20H32O2. The molecule has 124 valence electrons. The standard InChI is InChI=1S/C20H32O2/c1-2-3-4-5-6-7-8-9-10-11-12-13-14-15-16-17-18-19-20(21)22/h3-4,12-17H,2,5-11,18-19H2,1H3,(H,21,22)/b4-3+,13-12+,15-14+,17-16+. The van der Waals surface area contributed by atoms with Gasteiger partial charge in [-0.05, 0) is 38.5 Å². The van der Waals surface area contributed by atoms with Crippen LogP contribution >= 0.6 is 0 Å². The molecule has 0 heterocycles. The smallest absolute Gasteiger partial charge is 0.303 e. The summed E-state index contributed by atoms with van der Waals surface area (Å²) in [5.74, 6) is -0.744. The maximum absolute atomic E-state index is 10.3. The van der Waals surface area contributed by atoms with Crippen molar-refractivity contribution in [2.24, 2.45) is 0 Å². The molecular weight excluding hydrogens is 272 g/mol. The summed E-state index contributed by atoms with van der Waals surface area (Å²) in [6.07, 6.45) is 27.5. The third kappa shape index (κ3) is 18.4. The van der Waals surface area contributed by atoms with E-state index in [1.165, 1.54) is 38.5 Å². The highest BCUT2D eigenvalue weighted by atomic mass is 16.4. The number of allylic oxidation sites excluding steroid dienone is 8. The van der Waals surface area contributed by atoms with Gasteiger partial charge in [0.2, 0.25) is 0 Å². The molecule has 0 unspecified atom stereocenters. The molecule has 0 aliphatic heterocycles. The normalized spacial score (nSPS) is 12.4. The van der Waals surface area contributed by atoms with Crippen molar-refractivity contribution < 1.29 is 9.90 Å². The summed E-state index contributed by atoms with van der Waals surface area (Å²) in [6.45, 7) is 2.18. The molecule has 0 spiro atoms. The number of aliphatic carboxylic acids is 1. The van der Waals surface area contributed by atoms with E-state index in [1.54, 1.807) is 0 Å². The summed E-state index contributed by atoms with van der Waals surface area (Å²) in [6, 6.07) is 0. The Kier molecular flexibility index (Phi) is 16.2. The second-order valence-electron chi connectivity index (χ2n) is 5.40. The minimum absolute atomic E-state index is 0.203. The van der Waals surface area contributed by atoms with Crippen LogP contribution in [0.2, 0.25) is 0 Å². The highest BCUT2D eigenvalue weighted by Gasteiger charge is 1.90. The van der Waals surface area contributed by atoms with Gasteiger partial charge in [0.15, 0.2) is 0 Å². The Labute approximate surface area is 136 Å². The van der Waals surface area contributed by atoms with Crippen molar-refractivity contribution in [3.8, 4) is 0 Å². The lowest BCUT2D eigenvalue weighted by atomic mass is 10.1. The SMILES string of the molecule is CC/C=C/CCCCCCC/C=C/C=C/C=C/CCC(=O)O. The van der Waals surface area contributed by atoms with Crippen LogP contribution in [0.15, 0.2) is 48.6 Å². The molecule has 0 aliphatic carbocycles. The summed E-state index contributed by atoms with van der Waals surface area (Å²) < 4.78 is 0. The third-order valence-electron chi connectivity index (χ3n) is 3.27. The van der Waals surface area contributed by atoms with Crippen molar-refractivity contribution in [2.45, 2.75) is 71.1 Å². The first-order valence-electron chi connectivity index (χ1n) is 8.62. The fourth-order valence-electron chi connectivity index (χ4n) is 2.02. The molecule has 0 saturated heterocycles. The molecule has 0 amide bonds. The van der Waals surface area contributed by atoms with E-state index in [9.17, 15) is 4.79 Å². The van der Waals surface area contributed by atoms with Gasteiger partial charge in [0.25, 0.3) is 0 Å². The fraction of sp³-hybridized carbons (Fsp3) is 0.550. The number of hydrogen-bond donors (Lipinski definition) is 1. The average Bonchev–Trinajstić information content (AvgIpc) is 2.50. The van der Waals surface area contributed by atoms with Crippen molar-refractivity contribution >= 4 is 5.97 Å².